The van der Waals surface area contributed by atoms with E-state index >= 15 is 0 Å². The van der Waals surface area contributed by atoms with Crippen LogP contribution in [-0.2, 0) is 6.54 Å². The molecule has 18 heavy (non-hydrogen) atoms. The van der Waals surface area contributed by atoms with Crippen molar-refractivity contribution in [3.63, 3.8) is 0 Å². The molecule has 1 heterocycles. The van der Waals surface area contributed by atoms with Gasteiger partial charge < -0.3 is 11.1 Å². The molecule has 1 aromatic heterocycles. The smallest absolute Gasteiger partial charge is 0.253 e. The second-order valence-electron chi connectivity index (χ2n) is 3.78. The molecule has 0 saturated carbocycles. The van der Waals surface area contributed by atoms with Crippen molar-refractivity contribution in [2.24, 2.45) is 0 Å². The van der Waals surface area contributed by atoms with Crippen molar-refractivity contribution < 1.29 is 9.18 Å². The summed E-state index contributed by atoms with van der Waals surface area (Å²) in [6, 6.07) is 7.59. The largest absolute Gasteiger partial charge is 0.397 e. The molecular weight excluding hydrogens is 233 g/mol. The van der Waals surface area contributed by atoms with Crippen LogP contribution < -0.4 is 11.1 Å². The Labute approximate surface area is 104 Å². The van der Waals surface area contributed by atoms with Crippen molar-refractivity contribution >= 4 is 11.6 Å². The molecule has 92 valence electrons. The highest BCUT2D eigenvalue weighted by Crippen LogP contribution is 2.09. The maximum Gasteiger partial charge on any atom is 0.253 e. The highest BCUT2D eigenvalue weighted by Gasteiger charge is 2.08. The molecular formula is C13H12FN3O. The Morgan fingerprint density at radius 1 is 1.39 bits per heavy atom. The van der Waals surface area contributed by atoms with Crippen LogP contribution in [-0.4, -0.2) is 10.9 Å². The van der Waals surface area contributed by atoms with Gasteiger partial charge in [0.15, 0.2) is 0 Å². The fourth-order valence-electron chi connectivity index (χ4n) is 1.54. The van der Waals surface area contributed by atoms with Gasteiger partial charge in [-0.25, -0.2) is 4.39 Å². The number of amides is 1. The first-order valence-corrected chi connectivity index (χ1v) is 5.39. The number of nitrogen functional groups attached to an aromatic ring is 1. The van der Waals surface area contributed by atoms with E-state index in [1.807, 2.05) is 0 Å². The SMILES string of the molecule is Nc1cnccc1C(=O)NCc1cccc(F)c1. The summed E-state index contributed by atoms with van der Waals surface area (Å²) in [5.74, 6) is -0.635. The number of anilines is 1. The fraction of sp³-hybridized carbons (Fsp3) is 0.0769. The zero-order valence-corrected chi connectivity index (χ0v) is 9.56. The number of benzene rings is 1. The van der Waals surface area contributed by atoms with Crippen LogP contribution in [0.2, 0.25) is 0 Å². The number of hydrogen-bond donors (Lipinski definition) is 2. The fourth-order valence-corrected chi connectivity index (χ4v) is 1.54. The molecule has 0 aliphatic rings. The van der Waals surface area contributed by atoms with Crippen LogP contribution in [0.4, 0.5) is 10.1 Å². The molecule has 0 spiro atoms. The Balaban J connectivity index is 2.03. The predicted molar refractivity (Wildman–Crippen MR) is 66.2 cm³/mol. The minimum Gasteiger partial charge on any atom is -0.397 e. The van der Waals surface area contributed by atoms with Crippen LogP contribution in [0.15, 0.2) is 42.7 Å². The zero-order chi connectivity index (χ0) is 13.0. The topological polar surface area (TPSA) is 68.0 Å². The molecule has 0 aliphatic heterocycles. The third kappa shape index (κ3) is 2.82. The number of aromatic nitrogens is 1. The average Bonchev–Trinajstić information content (AvgIpc) is 2.37. The number of halogens is 1. The van der Waals surface area contributed by atoms with Crippen LogP contribution in [0.1, 0.15) is 15.9 Å². The average molecular weight is 245 g/mol. The van der Waals surface area contributed by atoms with Crippen LogP contribution in [0.3, 0.4) is 0 Å². The molecule has 1 aromatic carbocycles. The van der Waals surface area contributed by atoms with Gasteiger partial charge in [-0.05, 0) is 23.8 Å². The number of rotatable bonds is 3. The number of nitrogens with two attached hydrogens (primary N) is 1. The minimum atomic E-state index is -0.329. The summed E-state index contributed by atoms with van der Waals surface area (Å²) >= 11 is 0. The Bertz CT molecular complexity index is 572. The summed E-state index contributed by atoms with van der Waals surface area (Å²) in [5.41, 5.74) is 7.00. The highest BCUT2D eigenvalue weighted by atomic mass is 19.1. The minimum absolute atomic E-state index is 0.248. The van der Waals surface area contributed by atoms with Crippen molar-refractivity contribution in [2.45, 2.75) is 6.54 Å². The molecule has 0 unspecified atom stereocenters. The van der Waals surface area contributed by atoms with E-state index in [9.17, 15) is 9.18 Å². The van der Waals surface area contributed by atoms with E-state index in [1.54, 1.807) is 12.1 Å². The summed E-state index contributed by atoms with van der Waals surface area (Å²) in [7, 11) is 0. The normalized spacial score (nSPS) is 10.1. The third-order valence-electron chi connectivity index (χ3n) is 2.44. The van der Waals surface area contributed by atoms with Crippen molar-refractivity contribution in [2.75, 3.05) is 5.73 Å². The number of pyridine rings is 1. The number of nitrogens with zero attached hydrogens (tertiary/aromatic N) is 1. The Hall–Kier alpha value is -2.43. The highest BCUT2D eigenvalue weighted by molar-refractivity contribution is 5.98. The van der Waals surface area contributed by atoms with Gasteiger partial charge in [0, 0.05) is 12.7 Å². The molecule has 0 radical (unpaired) electrons. The summed E-state index contributed by atoms with van der Waals surface area (Å²) < 4.78 is 12.9. The van der Waals surface area contributed by atoms with E-state index < -0.39 is 0 Å². The van der Waals surface area contributed by atoms with Gasteiger partial charge in [-0.2, -0.15) is 0 Å². The molecule has 5 heteroatoms. The number of nitrogens with one attached hydrogen (secondary N) is 1. The van der Waals surface area contributed by atoms with E-state index in [0.717, 1.165) is 0 Å². The van der Waals surface area contributed by atoms with Gasteiger partial charge >= 0.3 is 0 Å². The summed E-state index contributed by atoms with van der Waals surface area (Å²) in [6.45, 7) is 0.248. The second kappa shape index (κ2) is 5.27. The van der Waals surface area contributed by atoms with Gasteiger partial charge in [0.1, 0.15) is 5.82 Å². The van der Waals surface area contributed by atoms with Gasteiger partial charge in [-0.3, -0.25) is 9.78 Å². The lowest BCUT2D eigenvalue weighted by Crippen LogP contribution is -2.23. The quantitative estimate of drug-likeness (QED) is 0.865. The molecule has 0 atom stereocenters. The third-order valence-corrected chi connectivity index (χ3v) is 2.44. The summed E-state index contributed by atoms with van der Waals surface area (Å²) in [4.78, 5) is 15.6. The molecule has 0 saturated heterocycles. The number of carbonyl (C=O) groups is 1. The summed E-state index contributed by atoms with van der Waals surface area (Å²) in [6.07, 6.45) is 2.91. The van der Waals surface area contributed by atoms with Gasteiger partial charge in [0.05, 0.1) is 17.4 Å². The van der Waals surface area contributed by atoms with E-state index in [0.29, 0.717) is 16.8 Å². The first kappa shape index (κ1) is 12.0. The van der Waals surface area contributed by atoms with Crippen molar-refractivity contribution in [3.8, 4) is 0 Å². The lowest BCUT2D eigenvalue weighted by atomic mass is 10.2. The molecule has 0 fully saturated rings. The van der Waals surface area contributed by atoms with Gasteiger partial charge in [-0.1, -0.05) is 12.1 Å². The second-order valence-corrected chi connectivity index (χ2v) is 3.78. The molecule has 3 N–H and O–H groups in total. The van der Waals surface area contributed by atoms with Gasteiger partial charge in [-0.15, -0.1) is 0 Å². The predicted octanol–water partition coefficient (Wildman–Crippen LogP) is 1.73. The van der Waals surface area contributed by atoms with E-state index in [-0.39, 0.29) is 18.3 Å². The first-order chi connectivity index (χ1) is 8.66. The molecule has 4 nitrogen and oxygen atoms in total. The van der Waals surface area contributed by atoms with Crippen LogP contribution in [0.5, 0.6) is 0 Å². The van der Waals surface area contributed by atoms with E-state index in [1.165, 1.54) is 30.6 Å². The number of carbonyl (C=O) groups excluding carboxylic acids is 1. The lowest BCUT2D eigenvalue weighted by Gasteiger charge is -2.07. The Morgan fingerprint density at radius 3 is 2.94 bits per heavy atom. The van der Waals surface area contributed by atoms with Crippen molar-refractivity contribution in [1.29, 1.82) is 0 Å². The van der Waals surface area contributed by atoms with Crippen molar-refractivity contribution in [3.05, 3.63) is 59.7 Å². The van der Waals surface area contributed by atoms with Crippen LogP contribution in [0.25, 0.3) is 0 Å². The van der Waals surface area contributed by atoms with Crippen LogP contribution in [0, 0.1) is 5.82 Å². The Kier molecular flexibility index (Phi) is 3.52. The maximum atomic E-state index is 12.9. The lowest BCUT2D eigenvalue weighted by molar-refractivity contribution is 0.0951. The molecule has 0 aliphatic carbocycles. The summed E-state index contributed by atoms with van der Waals surface area (Å²) in [5, 5.41) is 2.67. The van der Waals surface area contributed by atoms with Gasteiger partial charge in [0.25, 0.3) is 5.91 Å². The van der Waals surface area contributed by atoms with Crippen LogP contribution >= 0.6 is 0 Å². The molecule has 2 rings (SSSR count). The molecule has 1 amide bonds. The number of hydrogen-bond acceptors (Lipinski definition) is 3. The van der Waals surface area contributed by atoms with E-state index in [4.69, 9.17) is 5.73 Å². The monoisotopic (exact) mass is 245 g/mol. The standard InChI is InChI=1S/C13H12FN3O/c14-10-3-1-2-9(6-10)7-17-13(18)11-4-5-16-8-12(11)15/h1-6,8H,7,15H2,(H,17,18). The zero-order valence-electron chi connectivity index (χ0n) is 9.56. The first-order valence-electron chi connectivity index (χ1n) is 5.39. The molecule has 0 bridgehead atoms. The van der Waals surface area contributed by atoms with Crippen molar-refractivity contribution in [1.82, 2.24) is 10.3 Å². The van der Waals surface area contributed by atoms with Gasteiger partial charge in [0.2, 0.25) is 0 Å². The maximum absolute atomic E-state index is 12.9. The molecule has 2 aromatic rings. The van der Waals surface area contributed by atoms with E-state index in [2.05, 4.69) is 10.3 Å². The Morgan fingerprint density at radius 2 is 2.22 bits per heavy atom.